The van der Waals surface area contributed by atoms with E-state index >= 15 is 0 Å². The maximum atomic E-state index is 2.53. The van der Waals surface area contributed by atoms with Crippen LogP contribution in [0, 0.1) is 0 Å². The molecule has 204 valence electrons. The Kier molecular flexibility index (Phi) is 4.75. The van der Waals surface area contributed by atoms with Gasteiger partial charge in [0.25, 0.3) is 0 Å². The van der Waals surface area contributed by atoms with E-state index in [-0.39, 0.29) is 0 Å². The van der Waals surface area contributed by atoms with Gasteiger partial charge in [-0.15, -0.1) is 0 Å². The third-order valence-corrected chi connectivity index (χ3v) is 9.46. The van der Waals surface area contributed by atoms with Crippen LogP contribution in [0.4, 0.5) is 0 Å². The van der Waals surface area contributed by atoms with Gasteiger partial charge in [-0.3, -0.25) is 0 Å². The molecule has 3 heterocycles. The van der Waals surface area contributed by atoms with Crippen LogP contribution in [-0.2, 0) is 0 Å². The van der Waals surface area contributed by atoms with E-state index in [0.29, 0.717) is 0 Å². The fraction of sp³-hybridized carbons (Fsp3) is 0. The summed E-state index contributed by atoms with van der Waals surface area (Å²) >= 11 is 0. The first-order valence-corrected chi connectivity index (χ1v) is 15.2. The third-order valence-electron chi connectivity index (χ3n) is 9.46. The minimum atomic E-state index is 1.19. The van der Waals surface area contributed by atoms with Crippen molar-refractivity contribution in [2.75, 3.05) is 0 Å². The molecule has 0 N–H and O–H groups in total. The molecule has 0 saturated carbocycles. The predicted molar refractivity (Wildman–Crippen MR) is 186 cm³/mol. The van der Waals surface area contributed by atoms with Crippen molar-refractivity contribution >= 4 is 59.9 Å². The van der Waals surface area contributed by atoms with Crippen LogP contribution in [0.2, 0.25) is 0 Å². The van der Waals surface area contributed by atoms with Crippen molar-refractivity contribution in [2.45, 2.75) is 0 Å². The Morgan fingerprint density at radius 1 is 0.318 bits per heavy atom. The van der Waals surface area contributed by atoms with E-state index in [2.05, 4.69) is 167 Å². The van der Waals surface area contributed by atoms with Crippen molar-refractivity contribution in [1.82, 2.24) is 8.97 Å². The molecule has 0 aliphatic heterocycles. The van der Waals surface area contributed by atoms with Crippen molar-refractivity contribution in [1.29, 1.82) is 0 Å². The average molecular weight is 559 g/mol. The van der Waals surface area contributed by atoms with Gasteiger partial charge in [0.05, 0.1) is 33.3 Å². The van der Waals surface area contributed by atoms with Crippen LogP contribution in [0.15, 0.2) is 158 Å². The molecule has 0 fully saturated rings. The van der Waals surface area contributed by atoms with Crippen molar-refractivity contribution in [3.05, 3.63) is 158 Å². The van der Waals surface area contributed by atoms with Crippen molar-refractivity contribution < 1.29 is 0 Å². The first-order valence-electron chi connectivity index (χ1n) is 15.2. The fourth-order valence-electron chi connectivity index (χ4n) is 7.72. The van der Waals surface area contributed by atoms with Gasteiger partial charge >= 0.3 is 0 Å². The topological polar surface area (TPSA) is 9.34 Å². The first-order chi connectivity index (χ1) is 21.9. The summed E-state index contributed by atoms with van der Waals surface area (Å²) in [6.45, 7) is 0. The van der Waals surface area contributed by atoms with E-state index in [9.17, 15) is 0 Å². The van der Waals surface area contributed by atoms with Gasteiger partial charge in [-0.05, 0) is 52.4 Å². The smallest absolute Gasteiger partial charge is 0.0641 e. The van der Waals surface area contributed by atoms with Crippen LogP contribution in [-0.4, -0.2) is 8.97 Å². The Bertz CT molecular complexity index is 2690. The van der Waals surface area contributed by atoms with Crippen molar-refractivity contribution in [3.8, 4) is 27.9 Å². The molecule has 0 radical (unpaired) electrons. The van der Waals surface area contributed by atoms with Crippen LogP contribution in [0.3, 0.4) is 0 Å². The maximum absolute atomic E-state index is 2.53. The Labute approximate surface area is 254 Å². The highest BCUT2D eigenvalue weighted by atomic mass is 15.0. The highest BCUT2D eigenvalue weighted by molar-refractivity contribution is 6.34. The Hall–Kier alpha value is -5.86. The monoisotopic (exact) mass is 558 g/mol. The summed E-state index contributed by atoms with van der Waals surface area (Å²) in [7, 11) is 0. The lowest BCUT2D eigenvalue weighted by Gasteiger charge is -2.14. The number of hydrogen-bond donors (Lipinski definition) is 0. The summed E-state index contributed by atoms with van der Waals surface area (Å²) in [5.74, 6) is 0. The zero-order valence-corrected chi connectivity index (χ0v) is 23.9. The van der Waals surface area contributed by atoms with Crippen LogP contribution in [0.25, 0.3) is 87.8 Å². The van der Waals surface area contributed by atoms with Crippen molar-refractivity contribution in [2.24, 2.45) is 0 Å². The van der Waals surface area contributed by atoms with Gasteiger partial charge in [-0.1, -0.05) is 127 Å². The molecule has 0 unspecified atom stereocenters. The largest absolute Gasteiger partial charge is 0.309 e. The number of hydrogen-bond acceptors (Lipinski definition) is 0. The van der Waals surface area contributed by atoms with Gasteiger partial charge in [0, 0.05) is 32.5 Å². The Morgan fingerprint density at radius 3 is 1.75 bits per heavy atom. The van der Waals surface area contributed by atoms with Crippen LogP contribution in [0.1, 0.15) is 0 Å². The van der Waals surface area contributed by atoms with E-state index in [1.165, 1.54) is 87.8 Å². The number of fused-ring (bicyclic) bond motifs is 6. The lowest BCUT2D eigenvalue weighted by molar-refractivity contribution is 1.18. The predicted octanol–water partition coefficient (Wildman–Crippen LogP) is 11.3. The Balaban J connectivity index is 1.51. The number of benzene rings is 7. The summed E-state index contributed by atoms with van der Waals surface area (Å²) in [6, 6.07) is 57.6. The van der Waals surface area contributed by atoms with E-state index in [1.807, 2.05) is 0 Å². The van der Waals surface area contributed by atoms with Gasteiger partial charge in [0.1, 0.15) is 0 Å². The van der Waals surface area contributed by atoms with Crippen molar-refractivity contribution in [3.63, 3.8) is 0 Å². The molecule has 0 amide bonds. The second kappa shape index (κ2) is 8.82. The molecule has 10 rings (SSSR count). The molecule has 0 aliphatic carbocycles. The number of nitrogens with zero attached hydrogens (tertiary/aromatic N) is 2. The SMILES string of the molecule is c1ccc(-c2ccccc2-n2c3cccc4c5c(-c6ccccc6)cccc5n5c6ccccc6c6ccc2c(c43)c65)cc1. The molecule has 2 nitrogen and oxygen atoms in total. The summed E-state index contributed by atoms with van der Waals surface area (Å²) in [4.78, 5) is 0. The summed E-state index contributed by atoms with van der Waals surface area (Å²) in [6.07, 6.45) is 0. The minimum absolute atomic E-state index is 1.19. The minimum Gasteiger partial charge on any atom is -0.309 e. The number of rotatable bonds is 3. The van der Waals surface area contributed by atoms with Crippen LogP contribution >= 0.6 is 0 Å². The fourth-order valence-corrected chi connectivity index (χ4v) is 7.72. The summed E-state index contributed by atoms with van der Waals surface area (Å²) < 4.78 is 5.02. The van der Waals surface area contributed by atoms with Gasteiger partial charge in [-0.25, -0.2) is 0 Å². The molecular weight excluding hydrogens is 532 g/mol. The molecule has 0 aliphatic rings. The third kappa shape index (κ3) is 3.04. The molecule has 3 aromatic heterocycles. The lowest BCUT2D eigenvalue weighted by Crippen LogP contribution is -1.97. The maximum Gasteiger partial charge on any atom is 0.0641 e. The lowest BCUT2D eigenvalue weighted by atomic mass is 9.96. The van der Waals surface area contributed by atoms with Crippen LogP contribution < -0.4 is 0 Å². The summed E-state index contributed by atoms with van der Waals surface area (Å²) in [5, 5.41) is 7.74. The molecular formula is C42H26N2. The molecule has 0 saturated heterocycles. The van der Waals surface area contributed by atoms with Gasteiger partial charge in [0.15, 0.2) is 0 Å². The molecule has 7 aromatic carbocycles. The molecule has 0 atom stereocenters. The van der Waals surface area contributed by atoms with Crippen LogP contribution in [0.5, 0.6) is 0 Å². The Morgan fingerprint density at radius 2 is 0.909 bits per heavy atom. The van der Waals surface area contributed by atoms with E-state index in [4.69, 9.17) is 0 Å². The quantitative estimate of drug-likeness (QED) is 0.204. The van der Waals surface area contributed by atoms with Gasteiger partial charge in [0.2, 0.25) is 0 Å². The molecule has 44 heavy (non-hydrogen) atoms. The molecule has 0 bridgehead atoms. The van der Waals surface area contributed by atoms with E-state index in [1.54, 1.807) is 0 Å². The normalized spacial score (nSPS) is 12.1. The number of para-hydroxylation sites is 2. The zero-order valence-electron chi connectivity index (χ0n) is 23.9. The van der Waals surface area contributed by atoms with E-state index in [0.717, 1.165) is 0 Å². The second-order valence-corrected chi connectivity index (χ2v) is 11.7. The highest BCUT2D eigenvalue weighted by Crippen LogP contribution is 2.47. The highest BCUT2D eigenvalue weighted by Gasteiger charge is 2.24. The van der Waals surface area contributed by atoms with Gasteiger partial charge < -0.3 is 8.97 Å². The standard InChI is InChI=1S/C42H26N2/c1-3-13-27(14-4-1)29-17-7-9-21-34(29)43-37-24-12-20-33-39-30(28-15-5-2-6-16-28)19-11-23-36(39)44-35-22-10-8-18-31(35)32-25-26-38(43)41(40(33)37)42(32)44/h1-26H. The zero-order chi connectivity index (χ0) is 28.8. The average Bonchev–Trinajstić information content (AvgIpc) is 3.57. The first kappa shape index (κ1) is 23.7. The molecule has 2 heteroatoms. The van der Waals surface area contributed by atoms with Gasteiger partial charge in [-0.2, -0.15) is 0 Å². The summed E-state index contributed by atoms with van der Waals surface area (Å²) in [5.41, 5.74) is 12.3. The van der Waals surface area contributed by atoms with E-state index < -0.39 is 0 Å². The molecule has 0 spiro atoms. The second-order valence-electron chi connectivity index (χ2n) is 11.7. The number of aromatic nitrogens is 2. The molecule has 10 aromatic rings.